The van der Waals surface area contributed by atoms with Crippen molar-refractivity contribution >= 4 is 34.1 Å². The second-order valence-electron chi connectivity index (χ2n) is 34.2. The smallest absolute Gasteiger partial charge is 0.0465 e. The van der Waals surface area contributed by atoms with E-state index in [2.05, 4.69) is 266 Å². The molecule has 0 aromatic heterocycles. The van der Waals surface area contributed by atoms with Crippen LogP contribution in [0, 0.1) is 10.8 Å². The number of anilines is 6. The van der Waals surface area contributed by atoms with E-state index in [-0.39, 0.29) is 43.3 Å². The average Bonchev–Trinajstić information content (AvgIpc) is 1.55. The molecule has 0 aliphatic heterocycles. The molecular formula is C94H128N2. The molecule has 0 N–H and O–H groups in total. The second-order valence-corrected chi connectivity index (χ2v) is 34.2. The van der Waals surface area contributed by atoms with Crippen LogP contribution in [-0.2, 0) is 32.5 Å². The van der Waals surface area contributed by atoms with Crippen LogP contribution in [0.15, 0.2) is 146 Å². The Morgan fingerprint density at radius 3 is 0.771 bits per heavy atom. The van der Waals surface area contributed by atoms with Crippen LogP contribution in [0.3, 0.4) is 0 Å². The lowest BCUT2D eigenvalue weighted by molar-refractivity contribution is 0.125. The molecule has 96 heavy (non-hydrogen) atoms. The van der Waals surface area contributed by atoms with Gasteiger partial charge in [0.15, 0.2) is 0 Å². The monoisotopic (exact) mass is 1290 g/mol. The molecule has 4 aliphatic rings. The summed E-state index contributed by atoms with van der Waals surface area (Å²) in [4.78, 5) is 5.25. The number of hydrogen-bond acceptors (Lipinski definition) is 2. The average molecular weight is 1290 g/mol. The Balaban J connectivity index is 1.13. The molecule has 0 radical (unpaired) electrons. The number of benzene rings is 7. The third-order valence-electron chi connectivity index (χ3n) is 27.6. The largest absolute Gasteiger partial charge is 0.310 e. The fourth-order valence-corrected chi connectivity index (χ4v) is 19.3. The molecule has 2 heteroatoms. The minimum absolute atomic E-state index is 0.0109. The van der Waals surface area contributed by atoms with Crippen molar-refractivity contribution in [1.82, 2.24) is 0 Å². The summed E-state index contributed by atoms with van der Waals surface area (Å²) >= 11 is 0. The molecule has 11 rings (SSSR count). The maximum Gasteiger partial charge on any atom is 0.0465 e. The van der Waals surface area contributed by atoms with Gasteiger partial charge < -0.3 is 9.80 Å². The van der Waals surface area contributed by atoms with Crippen LogP contribution in [0.5, 0.6) is 0 Å². The number of rotatable bonds is 34. The number of para-hydroxylation sites is 2. The molecule has 7 aromatic carbocycles. The molecule has 0 bridgehead atoms. The summed E-state index contributed by atoms with van der Waals surface area (Å²) in [6, 6.07) is 59.4. The van der Waals surface area contributed by atoms with Gasteiger partial charge in [-0.05, 0) is 210 Å². The van der Waals surface area contributed by atoms with Crippen molar-refractivity contribution in [2.45, 2.75) is 323 Å². The van der Waals surface area contributed by atoms with E-state index in [4.69, 9.17) is 0 Å². The number of unbranched alkanes of at least 4 members (excludes halogenated alkanes) is 20. The highest BCUT2D eigenvalue weighted by molar-refractivity contribution is 5.93. The lowest BCUT2D eigenvalue weighted by atomic mass is 9.59. The van der Waals surface area contributed by atoms with Crippen LogP contribution in [0.25, 0.3) is 22.3 Å². The van der Waals surface area contributed by atoms with E-state index >= 15 is 0 Å². The minimum Gasteiger partial charge on any atom is -0.310 e. The van der Waals surface area contributed by atoms with E-state index in [9.17, 15) is 0 Å². The van der Waals surface area contributed by atoms with Crippen molar-refractivity contribution in [3.05, 3.63) is 190 Å². The summed E-state index contributed by atoms with van der Waals surface area (Å²) in [5, 5.41) is 0. The Morgan fingerprint density at radius 1 is 0.219 bits per heavy atom. The SMILES string of the molecule is CCCCCCCCC1(CCCCCCCC)c2cc(N(c3ccccc3)c3ccc4c(c3)C(C)(C)C(C)(C)C4(C)C)ccc2-c2cc3c(cc21)-c1ccc(N(c2ccccc2)c2ccc4c(c2)C(C)(C)C(C)(C)C4(C)C)cc1C3(CCCCCCCC)CCCCCCCC. The fraction of sp³-hybridized carbons (Fsp3) is 0.553. The van der Waals surface area contributed by atoms with Gasteiger partial charge >= 0.3 is 0 Å². The number of fused-ring (bicyclic) bond motifs is 8. The van der Waals surface area contributed by atoms with Crippen molar-refractivity contribution in [2.24, 2.45) is 10.8 Å². The van der Waals surface area contributed by atoms with Crippen LogP contribution in [0.4, 0.5) is 34.1 Å². The summed E-state index contributed by atoms with van der Waals surface area (Å²) in [5.74, 6) is 0. The predicted molar refractivity (Wildman–Crippen MR) is 420 cm³/mol. The third kappa shape index (κ3) is 12.6. The molecule has 0 atom stereocenters. The van der Waals surface area contributed by atoms with Gasteiger partial charge in [-0.2, -0.15) is 0 Å². The molecule has 2 nitrogen and oxygen atoms in total. The molecule has 0 spiro atoms. The van der Waals surface area contributed by atoms with E-state index in [0.717, 1.165) is 0 Å². The molecule has 514 valence electrons. The highest BCUT2D eigenvalue weighted by Gasteiger charge is 2.58. The lowest BCUT2D eigenvalue weighted by Crippen LogP contribution is -2.42. The van der Waals surface area contributed by atoms with E-state index in [1.807, 2.05) is 0 Å². The molecule has 0 amide bonds. The predicted octanol–water partition coefficient (Wildman–Crippen LogP) is 29.4. The molecule has 0 heterocycles. The zero-order valence-electron chi connectivity index (χ0n) is 63.5. The molecule has 0 unspecified atom stereocenters. The van der Waals surface area contributed by atoms with Crippen molar-refractivity contribution in [3.8, 4) is 22.3 Å². The fourth-order valence-electron chi connectivity index (χ4n) is 19.3. The van der Waals surface area contributed by atoms with E-state index < -0.39 is 0 Å². The Labute approximate surface area is 586 Å². The first-order valence-electron chi connectivity index (χ1n) is 39.5. The summed E-state index contributed by atoms with van der Waals surface area (Å²) in [5.41, 5.74) is 25.9. The van der Waals surface area contributed by atoms with Crippen LogP contribution < -0.4 is 9.80 Å². The third-order valence-corrected chi connectivity index (χ3v) is 27.6. The van der Waals surface area contributed by atoms with Gasteiger partial charge in [-0.3, -0.25) is 0 Å². The Morgan fingerprint density at radius 2 is 0.469 bits per heavy atom. The van der Waals surface area contributed by atoms with Crippen molar-refractivity contribution in [3.63, 3.8) is 0 Å². The molecule has 7 aromatic rings. The topological polar surface area (TPSA) is 6.48 Å². The second kappa shape index (κ2) is 29.1. The van der Waals surface area contributed by atoms with Gasteiger partial charge in [0.2, 0.25) is 0 Å². The standard InChI is InChI=1S/C94H128N2/c1-17-21-25-29-33-43-59-93(60-44-34-30-26-22-18-2)81-63-71(95(69-47-39-37-40-48-69)73-53-57-79-85(65-73)89(9,10)91(13,14)87(79,5)6)51-55-75(81)77-68-84-78(67-83(77)93)76-56-52-72(64-82(76)94(84,61-45-35-31-27-23-19-3)62-46-36-32-28-24-20-4)96(70-49-41-38-42-50-70)74-54-58-80-86(66-74)90(11,12)92(15,16)88(80,7)8/h37-42,47-58,63-68H,17-36,43-46,59-62H2,1-16H3. The summed E-state index contributed by atoms with van der Waals surface area (Å²) in [6.45, 7) is 39.4. The van der Waals surface area contributed by atoms with E-state index in [1.54, 1.807) is 22.3 Å². The van der Waals surface area contributed by atoms with Gasteiger partial charge in [0, 0.05) is 45.0 Å². The van der Waals surface area contributed by atoms with Crippen LogP contribution in [-0.4, -0.2) is 0 Å². The Bertz CT molecular complexity index is 3470. The first-order chi connectivity index (χ1) is 46.0. The minimum atomic E-state index is -0.125. The van der Waals surface area contributed by atoms with Crippen molar-refractivity contribution in [1.29, 1.82) is 0 Å². The van der Waals surface area contributed by atoms with Crippen LogP contribution in [0.1, 0.15) is 335 Å². The quantitative estimate of drug-likeness (QED) is 0.0371. The normalized spacial score (nSPS) is 17.8. The number of nitrogens with zero attached hydrogens (tertiary/aromatic N) is 2. The zero-order chi connectivity index (χ0) is 68.3. The Kier molecular flexibility index (Phi) is 21.7. The molecule has 0 fully saturated rings. The summed E-state index contributed by atoms with van der Waals surface area (Å²) in [7, 11) is 0. The van der Waals surface area contributed by atoms with Gasteiger partial charge in [-0.1, -0.05) is 326 Å². The van der Waals surface area contributed by atoms with Gasteiger partial charge in [0.05, 0.1) is 0 Å². The molecular weight excluding hydrogens is 1160 g/mol. The maximum absolute atomic E-state index is 2.88. The Hall–Kier alpha value is -5.86. The van der Waals surface area contributed by atoms with Crippen molar-refractivity contribution in [2.75, 3.05) is 9.80 Å². The highest BCUT2D eigenvalue weighted by Crippen LogP contribution is 2.66. The highest BCUT2D eigenvalue weighted by atomic mass is 15.1. The van der Waals surface area contributed by atoms with Gasteiger partial charge in [0.25, 0.3) is 0 Å². The van der Waals surface area contributed by atoms with Gasteiger partial charge in [0.1, 0.15) is 0 Å². The first kappa shape index (κ1) is 71.4. The van der Waals surface area contributed by atoms with Crippen LogP contribution in [0.2, 0.25) is 0 Å². The zero-order valence-corrected chi connectivity index (χ0v) is 63.5. The molecule has 0 saturated heterocycles. The van der Waals surface area contributed by atoms with Crippen LogP contribution >= 0.6 is 0 Å². The summed E-state index contributed by atoms with van der Waals surface area (Å²) in [6.07, 6.45) is 36.0. The van der Waals surface area contributed by atoms with E-state index in [1.165, 1.54) is 258 Å². The summed E-state index contributed by atoms with van der Waals surface area (Å²) < 4.78 is 0. The first-order valence-corrected chi connectivity index (χ1v) is 39.5. The number of hydrogen-bond donors (Lipinski definition) is 0. The van der Waals surface area contributed by atoms with Crippen molar-refractivity contribution < 1.29 is 0 Å². The maximum atomic E-state index is 2.88. The molecule has 0 saturated carbocycles. The molecule has 4 aliphatic carbocycles. The van der Waals surface area contributed by atoms with Gasteiger partial charge in [-0.25, -0.2) is 0 Å². The van der Waals surface area contributed by atoms with E-state index in [0.29, 0.717) is 0 Å². The lowest BCUT2D eigenvalue weighted by Gasteiger charge is -2.44. The van der Waals surface area contributed by atoms with Gasteiger partial charge in [-0.15, -0.1) is 0 Å².